The lowest BCUT2D eigenvalue weighted by Gasteiger charge is -2.23. The van der Waals surface area contributed by atoms with Gasteiger partial charge in [0, 0.05) is 18.7 Å². The van der Waals surface area contributed by atoms with E-state index in [1.807, 2.05) is 41.3 Å². The third-order valence-corrected chi connectivity index (χ3v) is 5.69. The number of amides is 1. The van der Waals surface area contributed by atoms with Gasteiger partial charge in [0.05, 0.1) is 0 Å². The van der Waals surface area contributed by atoms with Gasteiger partial charge in [-0.25, -0.2) is 0 Å². The Morgan fingerprint density at radius 2 is 1.57 bits per heavy atom. The first-order chi connectivity index (χ1) is 14.7. The molecule has 4 heteroatoms. The fourth-order valence-electron chi connectivity index (χ4n) is 4.00. The SMILES string of the molecule is CCCCN(CCCC)C(=O)c1cccc2c(-c3ccc4c(c3)OCO4)cccc12. The van der Waals surface area contributed by atoms with Crippen LogP contribution in [0.5, 0.6) is 11.5 Å². The van der Waals surface area contributed by atoms with Crippen LogP contribution in [0.25, 0.3) is 21.9 Å². The predicted molar refractivity (Wildman–Crippen MR) is 121 cm³/mol. The largest absolute Gasteiger partial charge is 0.454 e. The minimum Gasteiger partial charge on any atom is -0.454 e. The van der Waals surface area contributed by atoms with E-state index in [9.17, 15) is 4.79 Å². The lowest BCUT2D eigenvalue weighted by Crippen LogP contribution is -2.33. The second-order valence-electron chi connectivity index (χ2n) is 7.77. The molecule has 3 aromatic carbocycles. The van der Waals surface area contributed by atoms with E-state index in [0.717, 1.165) is 77.7 Å². The lowest BCUT2D eigenvalue weighted by atomic mass is 9.95. The van der Waals surface area contributed by atoms with E-state index < -0.39 is 0 Å². The minimum atomic E-state index is 0.130. The number of fused-ring (bicyclic) bond motifs is 2. The third kappa shape index (κ3) is 4.00. The molecule has 4 rings (SSSR count). The van der Waals surface area contributed by atoms with Gasteiger partial charge in [0.1, 0.15) is 0 Å². The smallest absolute Gasteiger partial charge is 0.254 e. The molecule has 30 heavy (non-hydrogen) atoms. The molecule has 0 aromatic heterocycles. The second-order valence-corrected chi connectivity index (χ2v) is 7.77. The normalized spacial score (nSPS) is 12.3. The quantitative estimate of drug-likeness (QED) is 0.444. The molecule has 1 aliphatic heterocycles. The van der Waals surface area contributed by atoms with Crippen molar-refractivity contribution in [3.63, 3.8) is 0 Å². The highest BCUT2D eigenvalue weighted by Gasteiger charge is 2.19. The average Bonchev–Trinajstić information content (AvgIpc) is 3.26. The van der Waals surface area contributed by atoms with Crippen LogP contribution in [0, 0.1) is 0 Å². The minimum absolute atomic E-state index is 0.130. The van der Waals surface area contributed by atoms with Gasteiger partial charge in [-0.3, -0.25) is 4.79 Å². The van der Waals surface area contributed by atoms with Gasteiger partial charge in [0.2, 0.25) is 6.79 Å². The molecule has 4 nitrogen and oxygen atoms in total. The third-order valence-electron chi connectivity index (χ3n) is 5.69. The average molecular weight is 404 g/mol. The summed E-state index contributed by atoms with van der Waals surface area (Å²) in [5.74, 6) is 1.67. The highest BCUT2D eigenvalue weighted by molar-refractivity contribution is 6.10. The maximum Gasteiger partial charge on any atom is 0.254 e. The van der Waals surface area contributed by atoms with Crippen molar-refractivity contribution < 1.29 is 14.3 Å². The van der Waals surface area contributed by atoms with Crippen LogP contribution >= 0.6 is 0 Å². The summed E-state index contributed by atoms with van der Waals surface area (Å²) >= 11 is 0. The summed E-state index contributed by atoms with van der Waals surface area (Å²) in [4.78, 5) is 15.5. The molecule has 0 unspecified atom stereocenters. The fraction of sp³-hybridized carbons (Fsp3) is 0.346. The summed E-state index contributed by atoms with van der Waals surface area (Å²) in [6, 6.07) is 18.2. The molecule has 1 aliphatic rings. The maximum atomic E-state index is 13.5. The molecule has 0 aliphatic carbocycles. The van der Waals surface area contributed by atoms with Crippen LogP contribution < -0.4 is 9.47 Å². The first kappa shape index (κ1) is 20.3. The molecule has 0 saturated carbocycles. The van der Waals surface area contributed by atoms with E-state index in [2.05, 4.69) is 32.0 Å². The van der Waals surface area contributed by atoms with Crippen LogP contribution in [0.15, 0.2) is 54.6 Å². The number of carbonyl (C=O) groups is 1. The molecule has 0 bridgehead atoms. The van der Waals surface area contributed by atoms with E-state index in [1.165, 1.54) is 0 Å². The lowest BCUT2D eigenvalue weighted by molar-refractivity contribution is 0.0753. The summed E-state index contributed by atoms with van der Waals surface area (Å²) in [5, 5.41) is 2.07. The number of unbranched alkanes of at least 4 members (excludes halogenated alkanes) is 2. The van der Waals surface area contributed by atoms with E-state index >= 15 is 0 Å². The number of benzene rings is 3. The van der Waals surface area contributed by atoms with E-state index in [0.29, 0.717) is 0 Å². The monoisotopic (exact) mass is 403 g/mol. The Balaban J connectivity index is 1.74. The summed E-state index contributed by atoms with van der Waals surface area (Å²) in [5.41, 5.74) is 2.93. The molecule has 0 radical (unpaired) electrons. The van der Waals surface area contributed by atoms with Crippen LogP contribution in [0.3, 0.4) is 0 Å². The molecular weight excluding hydrogens is 374 g/mol. The Labute approximate surface area is 178 Å². The van der Waals surface area contributed by atoms with Crippen molar-refractivity contribution in [1.82, 2.24) is 4.90 Å². The van der Waals surface area contributed by atoms with Crippen LogP contribution in [0.4, 0.5) is 0 Å². The van der Waals surface area contributed by atoms with Crippen LogP contribution in [-0.2, 0) is 0 Å². The van der Waals surface area contributed by atoms with Crippen molar-refractivity contribution >= 4 is 16.7 Å². The second kappa shape index (κ2) is 9.21. The molecule has 156 valence electrons. The Hall–Kier alpha value is -3.01. The number of nitrogens with zero attached hydrogens (tertiary/aromatic N) is 1. The summed E-state index contributed by atoms with van der Waals surface area (Å²) in [7, 11) is 0. The standard InChI is InChI=1S/C26H29NO3/c1-3-5-15-27(16-6-4-2)26(28)23-12-8-10-21-20(9-7-11-22(21)23)19-13-14-24-25(17-19)30-18-29-24/h7-14,17H,3-6,15-16,18H2,1-2H3. The van der Waals surface area contributed by atoms with Gasteiger partial charge in [-0.1, -0.05) is 63.1 Å². The molecular formula is C26H29NO3. The van der Waals surface area contributed by atoms with Crippen molar-refractivity contribution in [2.75, 3.05) is 19.9 Å². The van der Waals surface area contributed by atoms with Crippen molar-refractivity contribution in [3.05, 3.63) is 60.2 Å². The van der Waals surface area contributed by atoms with Gasteiger partial charge in [-0.05, 0) is 52.9 Å². The van der Waals surface area contributed by atoms with Gasteiger partial charge in [0.25, 0.3) is 5.91 Å². The van der Waals surface area contributed by atoms with Crippen molar-refractivity contribution in [2.24, 2.45) is 0 Å². The fourth-order valence-corrected chi connectivity index (χ4v) is 4.00. The van der Waals surface area contributed by atoms with Crippen molar-refractivity contribution in [2.45, 2.75) is 39.5 Å². The number of rotatable bonds is 8. The van der Waals surface area contributed by atoms with Crippen LogP contribution in [0.1, 0.15) is 49.9 Å². The zero-order valence-corrected chi connectivity index (χ0v) is 17.8. The molecule has 0 saturated heterocycles. The first-order valence-electron chi connectivity index (χ1n) is 10.9. The topological polar surface area (TPSA) is 38.8 Å². The van der Waals surface area contributed by atoms with Gasteiger partial charge in [0.15, 0.2) is 11.5 Å². The molecule has 0 spiro atoms. The van der Waals surface area contributed by atoms with E-state index in [-0.39, 0.29) is 12.7 Å². The number of carbonyl (C=O) groups excluding carboxylic acids is 1. The number of ether oxygens (including phenoxy) is 2. The Kier molecular flexibility index (Phi) is 6.22. The molecule has 1 amide bonds. The summed E-state index contributed by atoms with van der Waals surface area (Å²) in [6.07, 6.45) is 4.23. The van der Waals surface area contributed by atoms with Crippen molar-refractivity contribution in [3.8, 4) is 22.6 Å². The van der Waals surface area contributed by atoms with Crippen LogP contribution in [0.2, 0.25) is 0 Å². The number of hydrogen-bond donors (Lipinski definition) is 0. The Morgan fingerprint density at radius 3 is 2.33 bits per heavy atom. The molecule has 0 fully saturated rings. The summed E-state index contributed by atoms with van der Waals surface area (Å²) in [6.45, 7) is 6.22. The zero-order chi connectivity index (χ0) is 20.9. The van der Waals surface area contributed by atoms with E-state index in [4.69, 9.17) is 9.47 Å². The van der Waals surface area contributed by atoms with E-state index in [1.54, 1.807) is 0 Å². The van der Waals surface area contributed by atoms with Crippen molar-refractivity contribution in [1.29, 1.82) is 0 Å². The Bertz CT molecular complexity index is 1040. The highest BCUT2D eigenvalue weighted by atomic mass is 16.7. The zero-order valence-electron chi connectivity index (χ0n) is 17.8. The molecule has 0 N–H and O–H groups in total. The highest BCUT2D eigenvalue weighted by Crippen LogP contribution is 2.38. The number of hydrogen-bond acceptors (Lipinski definition) is 3. The van der Waals surface area contributed by atoms with Gasteiger partial charge < -0.3 is 14.4 Å². The maximum absolute atomic E-state index is 13.5. The first-order valence-corrected chi connectivity index (χ1v) is 10.9. The van der Waals surface area contributed by atoms with Gasteiger partial charge in [-0.2, -0.15) is 0 Å². The summed E-state index contributed by atoms with van der Waals surface area (Å²) < 4.78 is 11.0. The van der Waals surface area contributed by atoms with Crippen LogP contribution in [-0.4, -0.2) is 30.7 Å². The predicted octanol–water partition coefficient (Wildman–Crippen LogP) is 6.28. The molecule has 0 atom stereocenters. The van der Waals surface area contributed by atoms with Gasteiger partial charge in [-0.15, -0.1) is 0 Å². The molecule has 1 heterocycles. The van der Waals surface area contributed by atoms with Gasteiger partial charge >= 0.3 is 0 Å². The Morgan fingerprint density at radius 1 is 0.867 bits per heavy atom. The molecule has 3 aromatic rings.